The number of nitrogens with one attached hydrogen (secondary N) is 4. The van der Waals surface area contributed by atoms with Gasteiger partial charge >= 0.3 is 12.2 Å². The number of ether oxygens (including phenoxy) is 4. The fourth-order valence-corrected chi connectivity index (χ4v) is 10.6. The summed E-state index contributed by atoms with van der Waals surface area (Å²) in [5, 5.41) is 7.47. The fourth-order valence-electron chi connectivity index (χ4n) is 10.6. The standard InChI is InChI=1S/C49H52N8O8/c1-26-18-32-12-15-38(57(32)47(59)41(26)54-48(60)63-3)45-51-36-14-11-29-21-35-33-13-10-30(20-31(33)25-65-40(35)22-34(29)43(36)53-45)37-23-50-44(52-37)39-19-27(24-62-2)16-17-56(39)46(58)42(55-49(61)64-4)28-8-6-5-7-9-28/h5-11,13-14,20-23,26-27,32,38-39,41-42H,12,15-19,24-25H2,1-4H3,(H,50,52)(H,51,53)(H,54,60)(H,55,61)/t26?,27-,32-,38+,39+,41+,42-/m1/s1. The Hall–Kier alpha value is -6.94. The largest absolute Gasteiger partial charge is 0.488 e. The van der Waals surface area contributed by atoms with Gasteiger partial charge in [-0.2, -0.15) is 0 Å². The van der Waals surface area contributed by atoms with E-state index in [1.165, 1.54) is 14.2 Å². The van der Waals surface area contributed by atoms with Gasteiger partial charge in [0, 0.05) is 37.3 Å². The zero-order valence-corrected chi connectivity index (χ0v) is 36.8. The van der Waals surface area contributed by atoms with Crippen LogP contribution in [0.15, 0.2) is 79.0 Å². The number of fused-ring (bicyclic) bond motifs is 7. The van der Waals surface area contributed by atoms with Crippen LogP contribution >= 0.6 is 0 Å². The first-order chi connectivity index (χ1) is 31.6. The Labute approximate surface area is 375 Å². The molecule has 65 heavy (non-hydrogen) atoms. The minimum absolute atomic E-state index is 0.00680. The molecule has 1 unspecified atom stereocenters. The first-order valence-corrected chi connectivity index (χ1v) is 22.3. The van der Waals surface area contributed by atoms with Crippen LogP contribution in [0.4, 0.5) is 9.59 Å². The topological polar surface area (TPSA) is 193 Å². The number of carbonyl (C=O) groups excluding carboxylic acids is 4. The van der Waals surface area contributed by atoms with Crippen molar-refractivity contribution >= 4 is 45.8 Å². The van der Waals surface area contributed by atoms with Gasteiger partial charge < -0.3 is 49.3 Å². The highest BCUT2D eigenvalue weighted by Gasteiger charge is 2.48. The number of carbonyl (C=O) groups is 4. The quantitative estimate of drug-likeness (QED) is 0.113. The summed E-state index contributed by atoms with van der Waals surface area (Å²) in [6, 6.07) is 21.7. The molecule has 6 heterocycles. The monoisotopic (exact) mass is 880 g/mol. The average Bonchev–Trinajstić information content (AvgIpc) is 4.11. The molecule has 3 fully saturated rings. The van der Waals surface area contributed by atoms with Crippen LogP contribution in [-0.4, -0.2) is 100 Å². The van der Waals surface area contributed by atoms with Gasteiger partial charge in [-0.05, 0) is 95.8 Å². The van der Waals surface area contributed by atoms with E-state index in [2.05, 4.69) is 57.0 Å². The van der Waals surface area contributed by atoms with Crippen molar-refractivity contribution in [2.75, 3.05) is 34.5 Å². The summed E-state index contributed by atoms with van der Waals surface area (Å²) in [5.74, 6) is 2.01. The number of methoxy groups -OCH3 is 3. The second kappa shape index (κ2) is 17.2. The van der Waals surface area contributed by atoms with Crippen molar-refractivity contribution in [1.29, 1.82) is 0 Å². The molecule has 7 atom stereocenters. The van der Waals surface area contributed by atoms with E-state index >= 15 is 0 Å². The van der Waals surface area contributed by atoms with Crippen molar-refractivity contribution in [3.63, 3.8) is 0 Å². The molecule has 4 aromatic carbocycles. The number of aromatic nitrogens is 4. The zero-order chi connectivity index (χ0) is 44.9. The smallest absolute Gasteiger partial charge is 0.407 e. The van der Waals surface area contributed by atoms with E-state index in [0.717, 1.165) is 87.0 Å². The Balaban J connectivity index is 0.913. The van der Waals surface area contributed by atoms with Crippen LogP contribution in [0.2, 0.25) is 0 Å². The second-order valence-corrected chi connectivity index (χ2v) is 17.7. The van der Waals surface area contributed by atoms with E-state index in [4.69, 9.17) is 28.9 Å². The third-order valence-electron chi connectivity index (χ3n) is 13.8. The summed E-state index contributed by atoms with van der Waals surface area (Å²) in [6.45, 7) is 3.39. The number of hydrogen-bond donors (Lipinski definition) is 4. The van der Waals surface area contributed by atoms with Gasteiger partial charge in [-0.25, -0.2) is 19.6 Å². The number of nitrogens with zero attached hydrogens (tertiary/aromatic N) is 4. The zero-order valence-electron chi connectivity index (χ0n) is 36.8. The van der Waals surface area contributed by atoms with E-state index in [0.29, 0.717) is 37.6 Å². The fraction of sp³-hybridized carbons (Fsp3) is 0.388. The molecule has 0 spiro atoms. The Bertz CT molecular complexity index is 2810. The van der Waals surface area contributed by atoms with Gasteiger partial charge in [0.15, 0.2) is 0 Å². The van der Waals surface area contributed by atoms with Crippen LogP contribution in [0.1, 0.15) is 79.9 Å². The number of rotatable bonds is 9. The number of H-pyrrole nitrogens is 2. The molecule has 4 aliphatic heterocycles. The Morgan fingerprint density at radius 3 is 2.52 bits per heavy atom. The molecule has 6 aromatic rings. The minimum Gasteiger partial charge on any atom is -0.488 e. The molecule has 0 bridgehead atoms. The van der Waals surface area contributed by atoms with Crippen molar-refractivity contribution in [2.24, 2.45) is 11.8 Å². The number of likely N-dealkylation sites (tertiary alicyclic amines) is 1. The summed E-state index contributed by atoms with van der Waals surface area (Å²) in [4.78, 5) is 73.6. The van der Waals surface area contributed by atoms with Gasteiger partial charge in [-0.15, -0.1) is 0 Å². The van der Waals surface area contributed by atoms with Crippen molar-refractivity contribution in [2.45, 2.75) is 75.8 Å². The molecular formula is C49H52N8O8. The Kier molecular flexibility index (Phi) is 11.1. The van der Waals surface area contributed by atoms with Crippen molar-refractivity contribution < 1.29 is 38.1 Å². The van der Waals surface area contributed by atoms with E-state index in [-0.39, 0.29) is 41.8 Å². The van der Waals surface area contributed by atoms with Gasteiger partial charge in [0.2, 0.25) is 5.91 Å². The van der Waals surface area contributed by atoms with Crippen molar-refractivity contribution in [3.05, 3.63) is 102 Å². The first-order valence-electron chi connectivity index (χ1n) is 22.3. The van der Waals surface area contributed by atoms with Crippen LogP contribution in [0.5, 0.6) is 5.75 Å². The van der Waals surface area contributed by atoms with Gasteiger partial charge in [-0.1, -0.05) is 55.5 Å². The maximum absolute atomic E-state index is 14.4. The van der Waals surface area contributed by atoms with Crippen molar-refractivity contribution in [1.82, 2.24) is 40.4 Å². The molecule has 4 amide bonds. The lowest BCUT2D eigenvalue weighted by atomic mass is 9.88. The third kappa shape index (κ3) is 7.68. The van der Waals surface area contributed by atoms with Gasteiger partial charge in [-0.3, -0.25) is 9.59 Å². The van der Waals surface area contributed by atoms with Crippen molar-refractivity contribution in [3.8, 4) is 28.1 Å². The lowest BCUT2D eigenvalue weighted by Crippen LogP contribution is -2.58. The van der Waals surface area contributed by atoms with Gasteiger partial charge in [0.25, 0.3) is 5.91 Å². The average molecular weight is 881 g/mol. The van der Waals surface area contributed by atoms with E-state index in [1.807, 2.05) is 53.1 Å². The maximum Gasteiger partial charge on any atom is 0.407 e. The Morgan fingerprint density at radius 1 is 0.892 bits per heavy atom. The molecule has 0 aliphatic carbocycles. The molecule has 10 rings (SSSR count). The van der Waals surface area contributed by atoms with E-state index < -0.39 is 24.3 Å². The third-order valence-corrected chi connectivity index (χ3v) is 13.8. The summed E-state index contributed by atoms with van der Waals surface area (Å²) in [6.07, 6.45) is 4.34. The molecule has 0 radical (unpaired) electrons. The normalized spacial score (nSPS) is 23.0. The van der Waals surface area contributed by atoms with Gasteiger partial charge in [0.1, 0.15) is 36.1 Å². The number of alkyl carbamates (subject to hydrolysis) is 2. The van der Waals surface area contributed by atoms with Gasteiger partial charge in [0.05, 0.1) is 49.2 Å². The number of aromatic amines is 2. The number of amides is 4. The molecule has 3 saturated heterocycles. The Morgan fingerprint density at radius 2 is 1.72 bits per heavy atom. The molecule has 16 heteroatoms. The summed E-state index contributed by atoms with van der Waals surface area (Å²) < 4.78 is 21.7. The second-order valence-electron chi connectivity index (χ2n) is 17.7. The van der Waals surface area contributed by atoms with Crippen LogP contribution in [0, 0.1) is 11.8 Å². The van der Waals surface area contributed by atoms with Crippen LogP contribution in [-0.2, 0) is 30.4 Å². The lowest BCUT2D eigenvalue weighted by molar-refractivity contribution is -0.142. The molecule has 4 aliphatic rings. The number of imidazole rings is 2. The van der Waals surface area contributed by atoms with Crippen LogP contribution in [0.3, 0.4) is 0 Å². The predicted molar refractivity (Wildman–Crippen MR) is 240 cm³/mol. The molecule has 2 aromatic heterocycles. The minimum atomic E-state index is -0.939. The molecule has 0 saturated carbocycles. The van der Waals surface area contributed by atoms with Crippen LogP contribution < -0.4 is 15.4 Å². The highest BCUT2D eigenvalue weighted by atomic mass is 16.5. The predicted octanol–water partition coefficient (Wildman–Crippen LogP) is 7.49. The van der Waals surface area contributed by atoms with E-state index in [1.54, 1.807) is 13.3 Å². The molecular weight excluding hydrogens is 829 g/mol. The maximum atomic E-state index is 14.4. The first kappa shape index (κ1) is 42.0. The SMILES string of the molecule is COC[C@@H]1CCN(C(=O)[C@H](NC(=O)OC)c2ccccc2)[C@H](c2ncc(-c3ccc4c(c3)COc3cc5c(ccc6[nH]c([C@@H]7CC[C@@H]8CC(C)[C@H](NC(=O)OC)C(=O)N87)nc65)cc3-4)[nH]2)C1. The van der Waals surface area contributed by atoms with E-state index in [9.17, 15) is 19.2 Å². The molecule has 16 nitrogen and oxygen atoms in total. The summed E-state index contributed by atoms with van der Waals surface area (Å²) in [7, 11) is 4.27. The lowest BCUT2D eigenvalue weighted by Gasteiger charge is -2.41. The molecule has 4 N–H and O–H groups in total. The number of hydrogen-bond acceptors (Lipinski definition) is 10. The van der Waals surface area contributed by atoms with Crippen LogP contribution in [0.25, 0.3) is 44.2 Å². The highest BCUT2D eigenvalue weighted by molar-refractivity contribution is 6.07. The molecule has 336 valence electrons. The highest BCUT2D eigenvalue weighted by Crippen LogP contribution is 2.45. The number of benzene rings is 4. The summed E-state index contributed by atoms with van der Waals surface area (Å²) in [5.41, 5.74) is 7.17. The summed E-state index contributed by atoms with van der Waals surface area (Å²) >= 11 is 0. The number of piperidine rings is 2.